The van der Waals surface area contributed by atoms with Crippen molar-refractivity contribution in [3.8, 4) is 0 Å². The van der Waals surface area contributed by atoms with Crippen molar-refractivity contribution in [2.75, 3.05) is 0 Å². The minimum atomic E-state index is -3.80. The van der Waals surface area contributed by atoms with Gasteiger partial charge in [-0.05, 0) is 57.8 Å². The van der Waals surface area contributed by atoms with Crippen LogP contribution in [-0.2, 0) is 18.2 Å². The van der Waals surface area contributed by atoms with Crippen LogP contribution in [0, 0.1) is 0 Å². The van der Waals surface area contributed by atoms with Crippen LogP contribution >= 0.6 is 57.1 Å². The molecule has 0 amide bonds. The van der Waals surface area contributed by atoms with Crippen molar-refractivity contribution in [3.63, 3.8) is 0 Å². The lowest BCUT2D eigenvalue weighted by Gasteiger charge is -2.36. The molecule has 1 aliphatic carbocycles. The molecule has 0 saturated heterocycles. The first kappa shape index (κ1) is 15.6. The van der Waals surface area contributed by atoms with Crippen LogP contribution in [0.5, 0.6) is 0 Å². The second kappa shape index (κ2) is 5.67. The molecule has 1 fully saturated rings. The Morgan fingerprint density at radius 3 is 1.50 bits per heavy atom. The Hall–Kier alpha value is 1.54. The summed E-state index contributed by atoms with van der Waals surface area (Å²) < 4.78 is 32.4. The van der Waals surface area contributed by atoms with Crippen molar-refractivity contribution < 1.29 is 18.2 Å². The van der Waals surface area contributed by atoms with Gasteiger partial charge in [0.2, 0.25) is 0 Å². The highest BCUT2D eigenvalue weighted by atomic mass is 35.9. The topological polar surface area (TPSA) is 52.6 Å². The number of hydrogen-bond donors (Lipinski definition) is 0. The fourth-order valence-electron chi connectivity index (χ4n) is 1.68. The summed E-state index contributed by atoms with van der Waals surface area (Å²) in [6.45, 7) is 0. The molecule has 0 radical (unpaired) electrons. The van der Waals surface area contributed by atoms with Gasteiger partial charge < -0.3 is 0 Å². The van der Waals surface area contributed by atoms with E-state index in [1.54, 1.807) is 0 Å². The molecular formula is C6H10Cl4O4P2. The highest BCUT2D eigenvalue weighted by molar-refractivity contribution is 8.05. The standard InChI is InChI=1S/C6H10Cl4O4P2/c7-15(8,11)13-6(14-16(9,10)12)4-2-1-3-5-6/h1-5H2. The average molecular weight is 350 g/mol. The fourth-order valence-corrected chi connectivity index (χ4v) is 4.46. The molecule has 1 rings (SSSR count). The van der Waals surface area contributed by atoms with Crippen molar-refractivity contribution >= 4 is 57.1 Å². The van der Waals surface area contributed by atoms with Gasteiger partial charge in [0.15, 0.2) is 5.79 Å². The summed E-state index contributed by atoms with van der Waals surface area (Å²) in [5, 5.41) is 0. The van der Waals surface area contributed by atoms with E-state index in [4.69, 9.17) is 54.0 Å². The van der Waals surface area contributed by atoms with Crippen LogP contribution in [-0.4, -0.2) is 5.79 Å². The molecule has 0 aromatic carbocycles. The van der Waals surface area contributed by atoms with E-state index in [1.807, 2.05) is 0 Å². The molecule has 16 heavy (non-hydrogen) atoms. The van der Waals surface area contributed by atoms with Crippen molar-refractivity contribution in [1.29, 1.82) is 0 Å². The van der Waals surface area contributed by atoms with Gasteiger partial charge in [-0.3, -0.25) is 18.2 Å². The normalized spacial score (nSPS) is 22.0. The van der Waals surface area contributed by atoms with E-state index in [0.29, 0.717) is 12.8 Å². The second-order valence-electron chi connectivity index (χ2n) is 3.48. The summed E-state index contributed by atoms with van der Waals surface area (Å²) >= 11 is 21.3. The number of rotatable bonds is 4. The van der Waals surface area contributed by atoms with Crippen molar-refractivity contribution in [1.82, 2.24) is 0 Å². The summed E-state index contributed by atoms with van der Waals surface area (Å²) in [7, 11) is 0. The fraction of sp³-hybridized carbons (Fsp3) is 1.00. The maximum atomic E-state index is 11.2. The van der Waals surface area contributed by atoms with Crippen LogP contribution in [0.15, 0.2) is 0 Å². The molecular weight excluding hydrogens is 340 g/mol. The van der Waals surface area contributed by atoms with Crippen LogP contribution in [0.1, 0.15) is 32.1 Å². The Bertz CT molecular complexity index is 305. The Kier molecular flexibility index (Phi) is 5.53. The minimum Gasteiger partial charge on any atom is -0.273 e. The lowest BCUT2D eigenvalue weighted by atomic mass is 9.95. The van der Waals surface area contributed by atoms with E-state index in [2.05, 4.69) is 0 Å². The zero-order chi connectivity index (χ0) is 12.4. The van der Waals surface area contributed by atoms with Gasteiger partial charge in [-0.2, -0.15) is 0 Å². The van der Waals surface area contributed by atoms with E-state index in [9.17, 15) is 9.13 Å². The predicted octanol–water partition coefficient (Wildman–Crippen LogP) is 5.85. The quantitative estimate of drug-likeness (QED) is 0.471. The van der Waals surface area contributed by atoms with Crippen LogP contribution in [0.2, 0.25) is 0 Å². The molecule has 1 aliphatic rings. The molecule has 0 aromatic heterocycles. The van der Waals surface area contributed by atoms with Crippen molar-refractivity contribution in [3.05, 3.63) is 0 Å². The third-order valence-electron chi connectivity index (χ3n) is 2.16. The van der Waals surface area contributed by atoms with Gasteiger partial charge in [-0.25, -0.2) is 0 Å². The number of halogens is 4. The van der Waals surface area contributed by atoms with Crippen LogP contribution in [0.4, 0.5) is 0 Å². The summed E-state index contributed by atoms with van der Waals surface area (Å²) in [6.07, 6.45) is -4.48. The van der Waals surface area contributed by atoms with E-state index < -0.39 is 17.9 Å². The zero-order valence-electron chi connectivity index (χ0n) is 8.07. The SMILES string of the molecule is O=P(Cl)(Cl)OC1(OP(=O)(Cl)Cl)CCCCC1. The van der Waals surface area contributed by atoms with E-state index in [1.165, 1.54) is 0 Å². The first-order valence-corrected chi connectivity index (χ1v) is 11.4. The Balaban J connectivity index is 2.84. The predicted molar refractivity (Wildman–Crippen MR) is 66.6 cm³/mol. The van der Waals surface area contributed by atoms with E-state index >= 15 is 0 Å². The average Bonchev–Trinajstić information content (AvgIpc) is 1.97. The van der Waals surface area contributed by atoms with Gasteiger partial charge in [0, 0.05) is 12.8 Å². The highest BCUT2D eigenvalue weighted by Gasteiger charge is 2.44. The third-order valence-corrected chi connectivity index (χ3v) is 4.08. The molecule has 0 aromatic rings. The van der Waals surface area contributed by atoms with E-state index in [-0.39, 0.29) is 0 Å². The van der Waals surface area contributed by atoms with Crippen LogP contribution in [0.3, 0.4) is 0 Å². The van der Waals surface area contributed by atoms with Gasteiger partial charge in [0.05, 0.1) is 0 Å². The van der Waals surface area contributed by atoms with Crippen LogP contribution < -0.4 is 0 Å². The van der Waals surface area contributed by atoms with Gasteiger partial charge in [-0.15, -0.1) is 0 Å². The molecule has 0 spiro atoms. The Morgan fingerprint density at radius 1 is 0.812 bits per heavy atom. The summed E-state index contributed by atoms with van der Waals surface area (Å²) in [5.74, 6) is -1.41. The van der Waals surface area contributed by atoms with Crippen LogP contribution in [0.25, 0.3) is 0 Å². The second-order valence-corrected chi connectivity index (χ2v) is 11.9. The molecule has 0 heterocycles. The molecule has 10 heteroatoms. The molecule has 0 atom stereocenters. The molecule has 0 unspecified atom stereocenters. The maximum absolute atomic E-state index is 11.2. The zero-order valence-corrected chi connectivity index (χ0v) is 12.9. The van der Waals surface area contributed by atoms with Gasteiger partial charge in [0.25, 0.3) is 0 Å². The summed E-state index contributed by atoms with van der Waals surface area (Å²) in [6, 6.07) is 0. The molecule has 4 nitrogen and oxygen atoms in total. The largest absolute Gasteiger partial charge is 0.382 e. The summed E-state index contributed by atoms with van der Waals surface area (Å²) in [4.78, 5) is 0. The molecule has 0 bridgehead atoms. The minimum absolute atomic E-state index is 0.347. The van der Waals surface area contributed by atoms with Gasteiger partial charge in [-0.1, -0.05) is 6.42 Å². The molecule has 96 valence electrons. The summed E-state index contributed by atoms with van der Waals surface area (Å²) in [5.41, 5.74) is 0. The molecule has 1 saturated carbocycles. The highest BCUT2D eigenvalue weighted by Crippen LogP contribution is 2.67. The van der Waals surface area contributed by atoms with Gasteiger partial charge in [0.1, 0.15) is 0 Å². The Labute approximate surface area is 113 Å². The maximum Gasteiger partial charge on any atom is 0.382 e. The lowest BCUT2D eigenvalue weighted by molar-refractivity contribution is -0.127. The van der Waals surface area contributed by atoms with Crippen molar-refractivity contribution in [2.45, 2.75) is 37.9 Å². The first-order chi connectivity index (χ1) is 7.12. The van der Waals surface area contributed by atoms with E-state index in [0.717, 1.165) is 19.3 Å². The van der Waals surface area contributed by atoms with Crippen molar-refractivity contribution in [2.24, 2.45) is 0 Å². The molecule has 0 N–H and O–H groups in total. The molecule has 0 aliphatic heterocycles. The third kappa shape index (κ3) is 5.93. The smallest absolute Gasteiger partial charge is 0.273 e. The number of hydrogen-bond acceptors (Lipinski definition) is 4. The Morgan fingerprint density at radius 2 is 1.19 bits per heavy atom. The first-order valence-electron chi connectivity index (χ1n) is 4.52. The van der Waals surface area contributed by atoms with Gasteiger partial charge >= 0.3 is 12.1 Å². The lowest BCUT2D eigenvalue weighted by Crippen LogP contribution is -2.34. The monoisotopic (exact) mass is 348 g/mol.